The molecule has 0 saturated carbocycles. The molecule has 1 aliphatic heterocycles. The van der Waals surface area contributed by atoms with Crippen LogP contribution in [-0.2, 0) is 4.79 Å². The van der Waals surface area contributed by atoms with Crippen molar-refractivity contribution in [3.05, 3.63) is 0 Å². The molecule has 0 aromatic carbocycles. The fourth-order valence-electron chi connectivity index (χ4n) is 6.76. The van der Waals surface area contributed by atoms with E-state index in [-0.39, 0.29) is 0 Å². The van der Waals surface area contributed by atoms with Crippen LogP contribution in [0, 0.1) is 5.92 Å². The predicted molar refractivity (Wildman–Crippen MR) is 187 cm³/mol. The highest BCUT2D eigenvalue weighted by Gasteiger charge is 2.20. The lowest BCUT2D eigenvalue weighted by atomic mass is 9.93. The lowest BCUT2D eigenvalue weighted by Crippen LogP contribution is -2.39. The zero-order chi connectivity index (χ0) is 30.4. The van der Waals surface area contributed by atoms with Crippen LogP contribution in [0.3, 0.4) is 0 Å². The van der Waals surface area contributed by atoms with Gasteiger partial charge in [-0.3, -0.25) is 4.90 Å². The summed E-state index contributed by atoms with van der Waals surface area (Å²) in [5, 5.41) is 0. The van der Waals surface area contributed by atoms with E-state index in [2.05, 4.69) is 35.5 Å². The molecule has 0 aliphatic carbocycles. The number of nitrogens with zero attached hydrogens (tertiary/aromatic N) is 3. The summed E-state index contributed by atoms with van der Waals surface area (Å²) < 4.78 is 0. The summed E-state index contributed by atoms with van der Waals surface area (Å²) in [5.74, 6) is 0.848. The zero-order valence-corrected chi connectivity index (χ0v) is 29.2. The van der Waals surface area contributed by atoms with Crippen molar-refractivity contribution < 1.29 is 4.79 Å². The molecule has 0 bridgehead atoms. The Hall–Kier alpha value is -0.450. The largest absolute Gasteiger partial charge is 0.302 e. The van der Waals surface area contributed by atoms with Gasteiger partial charge in [-0.05, 0) is 83.7 Å². The fourth-order valence-corrected chi connectivity index (χ4v) is 6.76. The van der Waals surface area contributed by atoms with Crippen LogP contribution in [-0.4, -0.2) is 79.9 Å². The van der Waals surface area contributed by atoms with Gasteiger partial charge in [-0.1, -0.05) is 136 Å². The third-order valence-corrected chi connectivity index (χ3v) is 9.86. The molecule has 42 heavy (non-hydrogen) atoms. The van der Waals surface area contributed by atoms with Gasteiger partial charge in [0.05, 0.1) is 6.54 Å². The second-order valence-corrected chi connectivity index (χ2v) is 13.7. The summed E-state index contributed by atoms with van der Waals surface area (Å²) in [6, 6.07) is 0. The van der Waals surface area contributed by atoms with E-state index < -0.39 is 0 Å². The van der Waals surface area contributed by atoms with E-state index in [0.717, 1.165) is 25.3 Å². The molecule has 0 aromatic heterocycles. The highest BCUT2D eigenvalue weighted by Crippen LogP contribution is 2.21. The molecular formula is C38H77N3O. The molecule has 1 saturated heterocycles. The molecule has 0 spiro atoms. The normalized spacial score (nSPS) is 14.9. The Morgan fingerprint density at radius 3 is 1.24 bits per heavy atom. The van der Waals surface area contributed by atoms with Gasteiger partial charge in [0.1, 0.15) is 6.29 Å². The van der Waals surface area contributed by atoms with Gasteiger partial charge in [0, 0.05) is 13.1 Å². The molecule has 1 fully saturated rings. The SMILES string of the molecule is CCCCCCCCCN(CCCCCCCCC)CCN(CCCCCCCCC)CCC1CCN(CC=O)CC1. The van der Waals surface area contributed by atoms with Gasteiger partial charge in [-0.15, -0.1) is 0 Å². The predicted octanol–water partition coefficient (Wildman–Crippen LogP) is 10.1. The number of carbonyl (C=O) groups is 1. The first kappa shape index (κ1) is 39.6. The van der Waals surface area contributed by atoms with Gasteiger partial charge in [0.2, 0.25) is 0 Å². The van der Waals surface area contributed by atoms with E-state index in [1.165, 1.54) is 193 Å². The van der Waals surface area contributed by atoms with Crippen molar-refractivity contribution in [2.75, 3.05) is 58.9 Å². The molecule has 0 N–H and O–H groups in total. The Labute approximate surface area is 265 Å². The van der Waals surface area contributed by atoms with Crippen molar-refractivity contribution in [3.63, 3.8) is 0 Å². The fraction of sp³-hybridized carbons (Fsp3) is 0.974. The first-order valence-corrected chi connectivity index (χ1v) is 19.3. The molecule has 1 heterocycles. The van der Waals surface area contributed by atoms with E-state index in [1.807, 2.05) is 0 Å². The van der Waals surface area contributed by atoms with Crippen LogP contribution < -0.4 is 0 Å². The molecule has 0 atom stereocenters. The number of likely N-dealkylation sites (tertiary alicyclic amines) is 1. The van der Waals surface area contributed by atoms with Crippen LogP contribution >= 0.6 is 0 Å². The lowest BCUT2D eigenvalue weighted by molar-refractivity contribution is -0.109. The van der Waals surface area contributed by atoms with Crippen LogP contribution in [0.25, 0.3) is 0 Å². The van der Waals surface area contributed by atoms with Crippen LogP contribution in [0.1, 0.15) is 175 Å². The Morgan fingerprint density at radius 2 is 0.857 bits per heavy atom. The Bertz CT molecular complexity index is 530. The van der Waals surface area contributed by atoms with E-state index >= 15 is 0 Å². The maximum atomic E-state index is 10.9. The van der Waals surface area contributed by atoms with E-state index in [9.17, 15) is 4.79 Å². The minimum absolute atomic E-state index is 0.629. The third kappa shape index (κ3) is 23.9. The minimum atomic E-state index is 0.629. The number of aldehydes is 1. The third-order valence-electron chi connectivity index (χ3n) is 9.86. The summed E-state index contributed by atoms with van der Waals surface area (Å²) in [6.45, 7) is 17.5. The molecule has 0 radical (unpaired) electrons. The smallest absolute Gasteiger partial charge is 0.133 e. The van der Waals surface area contributed by atoms with Gasteiger partial charge in [-0.25, -0.2) is 0 Å². The molecule has 0 unspecified atom stereocenters. The van der Waals surface area contributed by atoms with Crippen LogP contribution in [0.4, 0.5) is 0 Å². The van der Waals surface area contributed by atoms with Gasteiger partial charge in [-0.2, -0.15) is 0 Å². The molecule has 1 aliphatic rings. The quantitative estimate of drug-likeness (QED) is 0.0574. The van der Waals surface area contributed by atoms with Crippen molar-refractivity contribution in [1.82, 2.24) is 14.7 Å². The number of carbonyl (C=O) groups excluding carboxylic acids is 1. The van der Waals surface area contributed by atoms with Crippen molar-refractivity contribution in [3.8, 4) is 0 Å². The topological polar surface area (TPSA) is 26.8 Å². The number of rotatable bonds is 32. The average molecular weight is 592 g/mol. The van der Waals surface area contributed by atoms with Gasteiger partial charge < -0.3 is 14.6 Å². The second kappa shape index (κ2) is 30.6. The number of piperidine rings is 1. The Morgan fingerprint density at radius 1 is 0.500 bits per heavy atom. The van der Waals surface area contributed by atoms with E-state index in [0.29, 0.717) is 6.54 Å². The second-order valence-electron chi connectivity index (χ2n) is 13.7. The molecule has 250 valence electrons. The van der Waals surface area contributed by atoms with Crippen molar-refractivity contribution in [2.45, 2.75) is 175 Å². The highest BCUT2D eigenvalue weighted by atomic mass is 16.1. The Kier molecular flexibility index (Phi) is 28.8. The molecule has 0 aromatic rings. The summed E-state index contributed by atoms with van der Waals surface area (Å²) in [4.78, 5) is 18.9. The standard InChI is InChI=1S/C38H77N3O/c1-4-7-10-13-16-19-22-28-39(29-23-20-17-14-11-8-5-2)34-35-40(30-24-21-18-15-12-9-6-3)31-25-38-26-32-41(33-27-38)36-37-42/h37-38H,4-36H2,1-3H3. The van der Waals surface area contributed by atoms with Crippen LogP contribution in [0.15, 0.2) is 0 Å². The number of hydrogen-bond donors (Lipinski definition) is 0. The maximum Gasteiger partial charge on any atom is 0.133 e. The number of unbranched alkanes of at least 4 members (excludes halogenated alkanes) is 18. The van der Waals surface area contributed by atoms with E-state index in [1.54, 1.807) is 0 Å². The van der Waals surface area contributed by atoms with Gasteiger partial charge in [0.25, 0.3) is 0 Å². The molecule has 1 rings (SSSR count). The first-order valence-electron chi connectivity index (χ1n) is 19.3. The van der Waals surface area contributed by atoms with Crippen molar-refractivity contribution >= 4 is 6.29 Å². The van der Waals surface area contributed by atoms with Crippen molar-refractivity contribution in [1.29, 1.82) is 0 Å². The van der Waals surface area contributed by atoms with Gasteiger partial charge >= 0.3 is 0 Å². The minimum Gasteiger partial charge on any atom is -0.302 e. The average Bonchev–Trinajstić information content (AvgIpc) is 3.01. The lowest BCUT2D eigenvalue weighted by Gasteiger charge is -2.33. The summed E-state index contributed by atoms with van der Waals surface area (Å²) >= 11 is 0. The number of hydrogen-bond acceptors (Lipinski definition) is 4. The van der Waals surface area contributed by atoms with E-state index in [4.69, 9.17) is 0 Å². The Balaban J connectivity index is 2.52. The highest BCUT2D eigenvalue weighted by molar-refractivity contribution is 5.51. The van der Waals surface area contributed by atoms with Gasteiger partial charge in [0.15, 0.2) is 0 Å². The van der Waals surface area contributed by atoms with Crippen LogP contribution in [0.2, 0.25) is 0 Å². The van der Waals surface area contributed by atoms with Crippen LogP contribution in [0.5, 0.6) is 0 Å². The van der Waals surface area contributed by atoms with Crippen molar-refractivity contribution in [2.24, 2.45) is 5.92 Å². The first-order chi connectivity index (χ1) is 20.7. The monoisotopic (exact) mass is 592 g/mol. The summed E-state index contributed by atoms with van der Waals surface area (Å²) in [5.41, 5.74) is 0. The molecule has 4 heteroatoms. The molecule has 0 amide bonds. The molecular weight excluding hydrogens is 514 g/mol. The summed E-state index contributed by atoms with van der Waals surface area (Å²) in [7, 11) is 0. The molecule has 4 nitrogen and oxygen atoms in total. The zero-order valence-electron chi connectivity index (χ0n) is 29.2. The maximum absolute atomic E-state index is 10.9. The summed E-state index contributed by atoms with van der Waals surface area (Å²) in [6.07, 6.45) is 34.5.